The number of ether oxygens (including phenoxy) is 1. The molecule has 1 aliphatic rings. The number of pyridine rings is 1. The van der Waals surface area contributed by atoms with E-state index in [1.807, 2.05) is 0 Å². The Labute approximate surface area is 107 Å². The van der Waals surface area contributed by atoms with Crippen LogP contribution in [0.5, 0.6) is 0 Å². The van der Waals surface area contributed by atoms with Crippen LogP contribution in [0.25, 0.3) is 0 Å². The fraction of sp³-hybridized carbons (Fsp3) is 0.455. The molecule has 0 saturated carbocycles. The summed E-state index contributed by atoms with van der Waals surface area (Å²) in [6.45, 7) is 0.984. The second-order valence-electron chi connectivity index (χ2n) is 4.05. The fourth-order valence-corrected chi connectivity index (χ4v) is 2.06. The van der Waals surface area contributed by atoms with Gasteiger partial charge in [0, 0.05) is 25.8 Å². The Bertz CT molecular complexity index is 419. The van der Waals surface area contributed by atoms with E-state index in [1.165, 1.54) is 0 Å². The second-order valence-corrected chi connectivity index (χ2v) is 4.80. The molecule has 0 aliphatic carbocycles. The molecule has 1 atom stereocenters. The van der Waals surface area contributed by atoms with E-state index in [0.717, 1.165) is 0 Å². The van der Waals surface area contributed by atoms with Gasteiger partial charge in [-0.3, -0.25) is 4.79 Å². The number of carbonyl (C=O) groups is 1. The minimum atomic E-state index is -0.940. The quantitative estimate of drug-likeness (QED) is 0.807. The number of halogens is 1. The number of rotatable bonds is 3. The van der Waals surface area contributed by atoms with Crippen molar-refractivity contribution in [1.29, 1.82) is 0 Å². The molecule has 0 spiro atoms. The van der Waals surface area contributed by atoms with Gasteiger partial charge in [-0.05, 0) is 28.1 Å². The molecule has 1 amide bonds. The first-order valence-corrected chi connectivity index (χ1v) is 6.09. The lowest BCUT2D eigenvalue weighted by atomic mass is 10.0. The van der Waals surface area contributed by atoms with Gasteiger partial charge in [-0.15, -0.1) is 0 Å². The number of aliphatic hydroxyl groups is 1. The van der Waals surface area contributed by atoms with E-state index >= 15 is 0 Å². The number of aromatic nitrogens is 1. The van der Waals surface area contributed by atoms with Crippen LogP contribution in [0.15, 0.2) is 22.9 Å². The zero-order chi connectivity index (χ0) is 12.3. The Morgan fingerprint density at radius 3 is 3.18 bits per heavy atom. The molecule has 6 heteroatoms. The van der Waals surface area contributed by atoms with Crippen LogP contribution in [0.3, 0.4) is 0 Å². The summed E-state index contributed by atoms with van der Waals surface area (Å²) in [5.41, 5.74) is -0.486. The fourth-order valence-electron chi connectivity index (χ4n) is 1.63. The maximum Gasteiger partial charge on any atom is 0.254 e. The average molecular weight is 301 g/mol. The number of hydrogen-bond acceptors (Lipinski definition) is 4. The van der Waals surface area contributed by atoms with Gasteiger partial charge in [0.2, 0.25) is 0 Å². The minimum Gasteiger partial charge on any atom is -0.386 e. The van der Waals surface area contributed by atoms with Crippen LogP contribution in [0.2, 0.25) is 0 Å². The predicted octanol–water partition coefficient (Wildman–Crippen LogP) is 0.725. The van der Waals surface area contributed by atoms with Crippen LogP contribution < -0.4 is 5.32 Å². The average Bonchev–Trinajstić information content (AvgIpc) is 2.74. The molecular formula is C11H13BrN2O3. The third-order valence-electron chi connectivity index (χ3n) is 2.66. The Balaban J connectivity index is 1.96. The molecule has 1 fully saturated rings. The zero-order valence-electron chi connectivity index (χ0n) is 9.15. The predicted molar refractivity (Wildman–Crippen MR) is 64.7 cm³/mol. The molecule has 0 radical (unpaired) electrons. The molecular weight excluding hydrogens is 288 g/mol. The Morgan fingerprint density at radius 1 is 1.71 bits per heavy atom. The Morgan fingerprint density at radius 2 is 2.53 bits per heavy atom. The summed E-state index contributed by atoms with van der Waals surface area (Å²) in [6.07, 6.45) is 2.14. The molecule has 1 aliphatic heterocycles. The highest BCUT2D eigenvalue weighted by Gasteiger charge is 2.32. The summed E-state index contributed by atoms with van der Waals surface area (Å²) in [4.78, 5) is 15.8. The van der Waals surface area contributed by atoms with Gasteiger partial charge >= 0.3 is 0 Å². The van der Waals surface area contributed by atoms with Crippen molar-refractivity contribution in [3.8, 4) is 0 Å². The normalized spacial score (nSPS) is 23.6. The molecule has 0 bridgehead atoms. The van der Waals surface area contributed by atoms with Crippen molar-refractivity contribution < 1.29 is 14.6 Å². The first-order valence-electron chi connectivity index (χ1n) is 5.30. The maximum atomic E-state index is 11.8. The van der Waals surface area contributed by atoms with E-state index in [-0.39, 0.29) is 19.1 Å². The summed E-state index contributed by atoms with van der Waals surface area (Å²) >= 11 is 3.20. The van der Waals surface area contributed by atoms with E-state index < -0.39 is 5.60 Å². The van der Waals surface area contributed by atoms with Gasteiger partial charge in [0.25, 0.3) is 5.91 Å². The lowest BCUT2D eigenvalue weighted by Gasteiger charge is -2.20. The summed E-state index contributed by atoms with van der Waals surface area (Å²) in [6, 6.07) is 3.36. The lowest BCUT2D eigenvalue weighted by Crippen LogP contribution is -2.43. The Kier molecular flexibility index (Phi) is 3.76. The van der Waals surface area contributed by atoms with E-state index in [1.54, 1.807) is 18.3 Å². The number of nitrogens with one attached hydrogen (secondary N) is 1. The zero-order valence-corrected chi connectivity index (χ0v) is 10.7. The van der Waals surface area contributed by atoms with Crippen LogP contribution in [0.4, 0.5) is 0 Å². The van der Waals surface area contributed by atoms with E-state index in [9.17, 15) is 9.90 Å². The van der Waals surface area contributed by atoms with E-state index in [0.29, 0.717) is 23.2 Å². The van der Waals surface area contributed by atoms with Crippen LogP contribution in [-0.4, -0.2) is 41.4 Å². The molecule has 1 aromatic rings. The maximum absolute atomic E-state index is 11.8. The standard InChI is InChI=1S/C11H13BrN2O3/c12-9-8(2-1-4-13-9)10(15)14-6-11(16)3-5-17-7-11/h1-2,4,16H,3,5-7H2,(H,14,15). The van der Waals surface area contributed by atoms with Crippen LogP contribution >= 0.6 is 15.9 Å². The summed E-state index contributed by atoms with van der Waals surface area (Å²) < 4.78 is 5.59. The number of amides is 1. The third-order valence-corrected chi connectivity index (χ3v) is 3.30. The molecule has 92 valence electrons. The molecule has 17 heavy (non-hydrogen) atoms. The molecule has 2 rings (SSSR count). The molecule has 1 saturated heterocycles. The summed E-state index contributed by atoms with van der Waals surface area (Å²) in [5.74, 6) is -0.259. The van der Waals surface area contributed by atoms with Crippen molar-refractivity contribution in [3.63, 3.8) is 0 Å². The smallest absolute Gasteiger partial charge is 0.254 e. The van der Waals surface area contributed by atoms with Crippen LogP contribution in [-0.2, 0) is 4.74 Å². The number of carbonyl (C=O) groups excluding carboxylic acids is 1. The Hall–Kier alpha value is -0.980. The minimum absolute atomic E-state index is 0.188. The van der Waals surface area contributed by atoms with Gasteiger partial charge in [0.05, 0.1) is 12.2 Å². The van der Waals surface area contributed by atoms with Gasteiger partial charge in [-0.25, -0.2) is 4.98 Å². The number of nitrogens with zero attached hydrogens (tertiary/aromatic N) is 1. The van der Waals surface area contributed by atoms with E-state index in [4.69, 9.17) is 4.74 Å². The van der Waals surface area contributed by atoms with Crippen molar-refractivity contribution in [1.82, 2.24) is 10.3 Å². The van der Waals surface area contributed by atoms with Crippen molar-refractivity contribution in [2.75, 3.05) is 19.8 Å². The summed E-state index contributed by atoms with van der Waals surface area (Å²) in [7, 11) is 0. The second kappa shape index (κ2) is 5.12. The first kappa shape index (κ1) is 12.5. The van der Waals surface area contributed by atoms with Gasteiger partial charge in [0.1, 0.15) is 10.2 Å². The van der Waals surface area contributed by atoms with Gasteiger partial charge in [0.15, 0.2) is 0 Å². The van der Waals surface area contributed by atoms with Crippen LogP contribution in [0.1, 0.15) is 16.8 Å². The highest BCUT2D eigenvalue weighted by atomic mass is 79.9. The van der Waals surface area contributed by atoms with Crippen molar-refractivity contribution in [2.24, 2.45) is 0 Å². The topological polar surface area (TPSA) is 71.5 Å². The monoisotopic (exact) mass is 300 g/mol. The van der Waals surface area contributed by atoms with Gasteiger partial charge in [-0.2, -0.15) is 0 Å². The number of hydrogen-bond donors (Lipinski definition) is 2. The van der Waals surface area contributed by atoms with Crippen molar-refractivity contribution >= 4 is 21.8 Å². The van der Waals surface area contributed by atoms with Crippen molar-refractivity contribution in [3.05, 3.63) is 28.5 Å². The highest BCUT2D eigenvalue weighted by molar-refractivity contribution is 9.10. The molecule has 2 heterocycles. The van der Waals surface area contributed by atoms with Crippen molar-refractivity contribution in [2.45, 2.75) is 12.0 Å². The molecule has 1 unspecified atom stereocenters. The largest absolute Gasteiger partial charge is 0.386 e. The highest BCUT2D eigenvalue weighted by Crippen LogP contribution is 2.18. The first-order chi connectivity index (χ1) is 8.11. The van der Waals surface area contributed by atoms with Gasteiger partial charge in [-0.1, -0.05) is 0 Å². The van der Waals surface area contributed by atoms with E-state index in [2.05, 4.69) is 26.2 Å². The van der Waals surface area contributed by atoms with Crippen LogP contribution in [0, 0.1) is 0 Å². The molecule has 5 nitrogen and oxygen atoms in total. The summed E-state index contributed by atoms with van der Waals surface area (Å²) in [5, 5.41) is 12.7. The SMILES string of the molecule is O=C(NCC1(O)CCOC1)c1cccnc1Br. The molecule has 1 aromatic heterocycles. The molecule has 0 aromatic carbocycles. The lowest BCUT2D eigenvalue weighted by molar-refractivity contribution is 0.0264. The third kappa shape index (κ3) is 3.02. The van der Waals surface area contributed by atoms with Gasteiger partial charge < -0.3 is 15.2 Å². The molecule has 2 N–H and O–H groups in total.